The summed E-state index contributed by atoms with van der Waals surface area (Å²) in [6.45, 7) is 7.15. The van der Waals surface area contributed by atoms with E-state index in [0.29, 0.717) is 19.1 Å². The average Bonchev–Trinajstić information content (AvgIpc) is 2.46. The van der Waals surface area contributed by atoms with E-state index < -0.39 is 0 Å². The average molecular weight is 321 g/mol. The minimum absolute atomic E-state index is 0.0467. The molecule has 0 atom stereocenters. The highest BCUT2D eigenvalue weighted by Crippen LogP contribution is 2.05. The molecule has 0 aliphatic carbocycles. The maximum Gasteiger partial charge on any atom is 0.240 e. The van der Waals surface area contributed by atoms with Gasteiger partial charge in [0.15, 0.2) is 5.96 Å². The Kier molecular flexibility index (Phi) is 7.31. The number of hydrogen-bond donors (Lipinski definition) is 2. The second-order valence-corrected chi connectivity index (χ2v) is 6.17. The zero-order valence-corrected chi connectivity index (χ0v) is 14.6. The predicted molar refractivity (Wildman–Crippen MR) is 91.6 cm³/mol. The minimum atomic E-state index is -0.244. The van der Waals surface area contributed by atoms with Crippen LogP contribution in [0.2, 0.25) is 0 Å². The lowest BCUT2D eigenvalue weighted by molar-refractivity contribution is -0.122. The van der Waals surface area contributed by atoms with Gasteiger partial charge in [-0.3, -0.25) is 14.8 Å². The smallest absolute Gasteiger partial charge is 0.240 e. The fourth-order valence-corrected chi connectivity index (χ4v) is 1.90. The number of ether oxygens (including phenoxy) is 1. The first-order valence-electron chi connectivity index (χ1n) is 7.57. The SMILES string of the molecule is CN=C(NCCOc1cccnc1)N(C)CC(=O)NC(C)(C)C. The summed E-state index contributed by atoms with van der Waals surface area (Å²) in [5.74, 6) is 1.32. The van der Waals surface area contributed by atoms with Gasteiger partial charge in [-0.1, -0.05) is 0 Å². The molecule has 0 aromatic carbocycles. The molecule has 0 unspecified atom stereocenters. The summed E-state index contributed by atoms with van der Waals surface area (Å²) in [5.41, 5.74) is -0.244. The highest BCUT2D eigenvalue weighted by molar-refractivity contribution is 5.86. The number of carbonyl (C=O) groups is 1. The van der Waals surface area contributed by atoms with Crippen molar-refractivity contribution in [3.8, 4) is 5.75 Å². The Bertz CT molecular complexity index is 511. The van der Waals surface area contributed by atoms with E-state index in [2.05, 4.69) is 20.6 Å². The number of carbonyl (C=O) groups excluding carboxylic acids is 1. The first-order chi connectivity index (χ1) is 10.8. The Balaban J connectivity index is 2.34. The third kappa shape index (κ3) is 8.04. The molecule has 0 saturated carbocycles. The van der Waals surface area contributed by atoms with Crippen molar-refractivity contribution in [3.63, 3.8) is 0 Å². The van der Waals surface area contributed by atoms with Gasteiger partial charge in [0.25, 0.3) is 0 Å². The van der Waals surface area contributed by atoms with Gasteiger partial charge in [-0.05, 0) is 32.9 Å². The molecule has 1 aromatic heterocycles. The third-order valence-electron chi connectivity index (χ3n) is 2.76. The van der Waals surface area contributed by atoms with E-state index in [1.165, 1.54) is 0 Å². The lowest BCUT2D eigenvalue weighted by Crippen LogP contribution is -2.49. The summed E-state index contributed by atoms with van der Waals surface area (Å²) >= 11 is 0. The molecule has 0 aliphatic heterocycles. The molecule has 1 amide bonds. The van der Waals surface area contributed by atoms with Crippen molar-refractivity contribution in [1.29, 1.82) is 0 Å². The van der Waals surface area contributed by atoms with E-state index in [9.17, 15) is 4.79 Å². The van der Waals surface area contributed by atoms with Gasteiger partial charge in [-0.2, -0.15) is 0 Å². The van der Waals surface area contributed by atoms with E-state index >= 15 is 0 Å². The Morgan fingerprint density at radius 2 is 2.17 bits per heavy atom. The maximum atomic E-state index is 11.9. The van der Waals surface area contributed by atoms with Gasteiger partial charge in [-0.25, -0.2) is 0 Å². The fraction of sp³-hybridized carbons (Fsp3) is 0.562. The highest BCUT2D eigenvalue weighted by Gasteiger charge is 2.16. The van der Waals surface area contributed by atoms with Crippen molar-refractivity contribution in [3.05, 3.63) is 24.5 Å². The summed E-state index contributed by atoms with van der Waals surface area (Å²) in [5, 5.41) is 6.08. The summed E-state index contributed by atoms with van der Waals surface area (Å²) in [7, 11) is 3.50. The largest absolute Gasteiger partial charge is 0.490 e. The fourth-order valence-electron chi connectivity index (χ4n) is 1.90. The number of nitrogens with zero attached hydrogens (tertiary/aromatic N) is 3. The number of hydrogen-bond acceptors (Lipinski definition) is 4. The molecule has 1 heterocycles. The van der Waals surface area contributed by atoms with Crippen LogP contribution in [0.3, 0.4) is 0 Å². The van der Waals surface area contributed by atoms with Crippen LogP contribution >= 0.6 is 0 Å². The van der Waals surface area contributed by atoms with Crippen molar-refractivity contribution < 1.29 is 9.53 Å². The van der Waals surface area contributed by atoms with Gasteiger partial charge in [0.1, 0.15) is 12.4 Å². The van der Waals surface area contributed by atoms with Crippen LogP contribution in [0.1, 0.15) is 20.8 Å². The predicted octanol–water partition coefficient (Wildman–Crippen LogP) is 0.882. The van der Waals surface area contributed by atoms with E-state index in [-0.39, 0.29) is 18.0 Å². The van der Waals surface area contributed by atoms with Crippen LogP contribution in [-0.4, -0.2) is 61.1 Å². The molecule has 0 bridgehead atoms. The Labute approximate surface area is 138 Å². The molecular formula is C16H27N5O2. The number of amides is 1. The van der Waals surface area contributed by atoms with Gasteiger partial charge < -0.3 is 20.3 Å². The highest BCUT2D eigenvalue weighted by atomic mass is 16.5. The minimum Gasteiger partial charge on any atom is -0.490 e. The third-order valence-corrected chi connectivity index (χ3v) is 2.76. The van der Waals surface area contributed by atoms with Gasteiger partial charge in [0, 0.05) is 25.8 Å². The molecule has 0 radical (unpaired) electrons. The number of rotatable bonds is 6. The lowest BCUT2D eigenvalue weighted by Gasteiger charge is -2.25. The van der Waals surface area contributed by atoms with Crippen LogP contribution in [0, 0.1) is 0 Å². The second kappa shape index (κ2) is 8.97. The molecule has 23 heavy (non-hydrogen) atoms. The van der Waals surface area contributed by atoms with Crippen LogP contribution in [0.5, 0.6) is 5.75 Å². The number of pyridine rings is 1. The Hall–Kier alpha value is -2.31. The maximum absolute atomic E-state index is 11.9. The first-order valence-corrected chi connectivity index (χ1v) is 7.57. The normalized spacial score (nSPS) is 11.8. The van der Waals surface area contributed by atoms with Crippen LogP contribution < -0.4 is 15.4 Å². The number of guanidine groups is 1. The van der Waals surface area contributed by atoms with Gasteiger partial charge >= 0.3 is 0 Å². The monoisotopic (exact) mass is 321 g/mol. The van der Waals surface area contributed by atoms with Crippen LogP contribution in [0.4, 0.5) is 0 Å². The van der Waals surface area contributed by atoms with Crippen molar-refractivity contribution >= 4 is 11.9 Å². The number of nitrogens with one attached hydrogen (secondary N) is 2. The molecule has 0 saturated heterocycles. The number of aliphatic imine (C=N–C) groups is 1. The molecule has 0 aliphatic rings. The first kappa shape index (κ1) is 18.7. The molecule has 7 nitrogen and oxygen atoms in total. The van der Waals surface area contributed by atoms with E-state index in [1.54, 1.807) is 24.3 Å². The zero-order valence-electron chi connectivity index (χ0n) is 14.6. The van der Waals surface area contributed by atoms with E-state index in [0.717, 1.165) is 5.75 Å². The lowest BCUT2D eigenvalue weighted by atomic mass is 10.1. The summed E-state index contributed by atoms with van der Waals surface area (Å²) in [4.78, 5) is 21.9. The quantitative estimate of drug-likeness (QED) is 0.462. The summed E-state index contributed by atoms with van der Waals surface area (Å²) in [6.07, 6.45) is 3.36. The molecule has 7 heteroatoms. The molecule has 1 aromatic rings. The van der Waals surface area contributed by atoms with Gasteiger partial charge in [0.2, 0.25) is 5.91 Å². The van der Waals surface area contributed by atoms with Crippen molar-refractivity contribution in [2.45, 2.75) is 26.3 Å². The van der Waals surface area contributed by atoms with Gasteiger partial charge in [0.05, 0.1) is 19.3 Å². The van der Waals surface area contributed by atoms with Crippen LogP contribution in [0.25, 0.3) is 0 Å². The van der Waals surface area contributed by atoms with E-state index in [1.807, 2.05) is 40.0 Å². The van der Waals surface area contributed by atoms with Crippen molar-refractivity contribution in [2.24, 2.45) is 4.99 Å². The molecule has 0 spiro atoms. The molecule has 2 N–H and O–H groups in total. The molecule has 0 fully saturated rings. The van der Waals surface area contributed by atoms with Crippen LogP contribution in [-0.2, 0) is 4.79 Å². The van der Waals surface area contributed by atoms with Crippen molar-refractivity contribution in [2.75, 3.05) is 33.8 Å². The Morgan fingerprint density at radius 1 is 1.43 bits per heavy atom. The van der Waals surface area contributed by atoms with Crippen molar-refractivity contribution in [1.82, 2.24) is 20.5 Å². The number of likely N-dealkylation sites (N-methyl/N-ethyl adjacent to an activating group) is 1. The number of aromatic nitrogens is 1. The molecular weight excluding hydrogens is 294 g/mol. The topological polar surface area (TPSA) is 78.9 Å². The summed E-state index contributed by atoms with van der Waals surface area (Å²) < 4.78 is 5.55. The molecule has 128 valence electrons. The summed E-state index contributed by atoms with van der Waals surface area (Å²) in [6, 6.07) is 3.67. The second-order valence-electron chi connectivity index (χ2n) is 6.17. The molecule has 1 rings (SSSR count). The van der Waals surface area contributed by atoms with Crippen LogP contribution in [0.15, 0.2) is 29.5 Å². The van der Waals surface area contributed by atoms with Gasteiger partial charge in [-0.15, -0.1) is 0 Å². The standard InChI is InChI=1S/C16H27N5O2/c1-16(2,3)20-14(22)12-21(5)15(17-4)19-9-10-23-13-7-6-8-18-11-13/h6-8,11H,9-10,12H2,1-5H3,(H,17,19)(H,20,22). The zero-order chi connectivity index (χ0) is 17.3. The Morgan fingerprint density at radius 3 is 2.74 bits per heavy atom. The van der Waals surface area contributed by atoms with E-state index in [4.69, 9.17) is 4.74 Å².